The maximum Gasteiger partial charge on any atom is 0.0595 e. The topological polar surface area (TPSA) is 12.4 Å². The van der Waals surface area contributed by atoms with Gasteiger partial charge in [-0.25, -0.2) is 0 Å². The van der Waals surface area contributed by atoms with Gasteiger partial charge < -0.3 is 0 Å². The second-order valence-electron chi connectivity index (χ2n) is 2.14. The van der Waals surface area contributed by atoms with Gasteiger partial charge in [0, 0.05) is 0 Å². The Kier molecular flexibility index (Phi) is 5.74. The van der Waals surface area contributed by atoms with Crippen LogP contribution >= 0.6 is 0 Å². The normalized spacial score (nSPS) is 13.7. The number of hydrogen-bond donors (Lipinski definition) is 0. The van der Waals surface area contributed by atoms with Crippen molar-refractivity contribution in [2.45, 2.75) is 20.8 Å². The molecule has 0 aliphatic rings. The summed E-state index contributed by atoms with van der Waals surface area (Å²) in [6.07, 6.45) is 7.94. The van der Waals surface area contributed by atoms with Crippen LogP contribution in [0.5, 0.6) is 0 Å². The minimum Gasteiger partial charge on any atom is -0.293 e. The van der Waals surface area contributed by atoms with Crippen molar-refractivity contribution >= 4 is 6.21 Å². The van der Waals surface area contributed by atoms with Gasteiger partial charge >= 0.3 is 0 Å². The molecule has 0 saturated heterocycles. The van der Waals surface area contributed by atoms with Gasteiger partial charge in [-0.2, -0.15) is 0 Å². The van der Waals surface area contributed by atoms with Crippen LogP contribution in [0.2, 0.25) is 0 Å². The third kappa shape index (κ3) is 5.29. The fraction of sp³-hybridized carbons (Fsp3) is 0.444. The standard InChI is InChI=1S/C9H15N/c1-4-6-7-9(3)8-10-5-2/h4-7H,8H2,1-3H3. The molecule has 0 N–H and O–H groups in total. The van der Waals surface area contributed by atoms with E-state index >= 15 is 0 Å². The van der Waals surface area contributed by atoms with Gasteiger partial charge in [0.2, 0.25) is 0 Å². The van der Waals surface area contributed by atoms with Crippen molar-refractivity contribution in [3.8, 4) is 0 Å². The summed E-state index contributed by atoms with van der Waals surface area (Å²) in [5.41, 5.74) is 1.29. The van der Waals surface area contributed by atoms with Gasteiger partial charge in [-0.1, -0.05) is 23.8 Å². The van der Waals surface area contributed by atoms with Gasteiger partial charge in [0.25, 0.3) is 0 Å². The van der Waals surface area contributed by atoms with Crippen molar-refractivity contribution in [3.05, 3.63) is 23.8 Å². The van der Waals surface area contributed by atoms with Crippen molar-refractivity contribution < 1.29 is 0 Å². The Bertz CT molecular complexity index is 152. The molecule has 0 fully saturated rings. The molecule has 0 aliphatic carbocycles. The van der Waals surface area contributed by atoms with Gasteiger partial charge in [-0.05, 0) is 27.0 Å². The molecule has 0 aromatic heterocycles. The Morgan fingerprint density at radius 2 is 2.10 bits per heavy atom. The summed E-state index contributed by atoms with van der Waals surface area (Å²) in [4.78, 5) is 4.10. The van der Waals surface area contributed by atoms with Crippen molar-refractivity contribution in [2.75, 3.05) is 6.54 Å². The maximum absolute atomic E-state index is 4.10. The van der Waals surface area contributed by atoms with Crippen LogP contribution in [0.3, 0.4) is 0 Å². The number of aliphatic imine (C=N–C) groups is 1. The highest BCUT2D eigenvalue weighted by Gasteiger charge is 1.80. The van der Waals surface area contributed by atoms with Crippen LogP contribution in [0, 0.1) is 0 Å². The predicted molar refractivity (Wildman–Crippen MR) is 47.6 cm³/mol. The zero-order chi connectivity index (χ0) is 7.82. The van der Waals surface area contributed by atoms with E-state index in [2.05, 4.69) is 18.0 Å². The third-order valence-electron chi connectivity index (χ3n) is 1.10. The second kappa shape index (κ2) is 6.27. The van der Waals surface area contributed by atoms with Crippen LogP contribution in [-0.4, -0.2) is 12.8 Å². The molecule has 0 unspecified atom stereocenters. The quantitative estimate of drug-likeness (QED) is 0.419. The summed E-state index contributed by atoms with van der Waals surface area (Å²) >= 11 is 0. The molecule has 0 bridgehead atoms. The first kappa shape index (κ1) is 9.15. The monoisotopic (exact) mass is 137 g/mol. The van der Waals surface area contributed by atoms with Crippen LogP contribution in [-0.2, 0) is 0 Å². The van der Waals surface area contributed by atoms with E-state index in [-0.39, 0.29) is 0 Å². The maximum atomic E-state index is 4.10. The lowest BCUT2D eigenvalue weighted by atomic mass is 10.3. The Morgan fingerprint density at radius 1 is 1.40 bits per heavy atom. The minimum absolute atomic E-state index is 0.820. The van der Waals surface area contributed by atoms with Crippen molar-refractivity contribution in [1.29, 1.82) is 0 Å². The summed E-state index contributed by atoms with van der Waals surface area (Å²) in [5.74, 6) is 0. The van der Waals surface area contributed by atoms with E-state index in [1.165, 1.54) is 5.57 Å². The molecule has 0 atom stereocenters. The first-order valence-corrected chi connectivity index (χ1v) is 3.54. The van der Waals surface area contributed by atoms with Gasteiger partial charge in [0.05, 0.1) is 6.54 Å². The molecule has 1 nitrogen and oxygen atoms in total. The Labute approximate surface area is 63.2 Å². The summed E-state index contributed by atoms with van der Waals surface area (Å²) in [6.45, 7) is 6.84. The summed E-state index contributed by atoms with van der Waals surface area (Å²) in [5, 5.41) is 0. The average molecular weight is 137 g/mol. The Hall–Kier alpha value is -0.850. The van der Waals surface area contributed by atoms with Gasteiger partial charge in [0.15, 0.2) is 0 Å². The fourth-order valence-electron chi connectivity index (χ4n) is 0.548. The van der Waals surface area contributed by atoms with Gasteiger partial charge in [0.1, 0.15) is 0 Å². The van der Waals surface area contributed by atoms with Crippen LogP contribution < -0.4 is 0 Å². The number of allylic oxidation sites excluding steroid dienone is 3. The van der Waals surface area contributed by atoms with E-state index < -0.39 is 0 Å². The summed E-state index contributed by atoms with van der Waals surface area (Å²) < 4.78 is 0. The van der Waals surface area contributed by atoms with Crippen molar-refractivity contribution in [3.63, 3.8) is 0 Å². The molecule has 0 rings (SSSR count). The van der Waals surface area contributed by atoms with E-state index in [9.17, 15) is 0 Å². The smallest absolute Gasteiger partial charge is 0.0595 e. The molecule has 56 valence electrons. The minimum atomic E-state index is 0.820. The largest absolute Gasteiger partial charge is 0.293 e. The van der Waals surface area contributed by atoms with E-state index in [0.29, 0.717) is 0 Å². The van der Waals surface area contributed by atoms with Gasteiger partial charge in [-0.15, -0.1) is 0 Å². The first-order chi connectivity index (χ1) is 4.81. The molecular weight excluding hydrogens is 122 g/mol. The molecular formula is C9H15N. The molecule has 0 aromatic rings. The third-order valence-corrected chi connectivity index (χ3v) is 1.10. The molecule has 0 amide bonds. The average Bonchev–Trinajstić information content (AvgIpc) is 1.97. The van der Waals surface area contributed by atoms with E-state index in [4.69, 9.17) is 0 Å². The highest BCUT2D eigenvalue weighted by Crippen LogP contribution is 1.92. The van der Waals surface area contributed by atoms with E-state index in [0.717, 1.165) is 6.54 Å². The molecule has 0 saturated carbocycles. The number of nitrogens with zero attached hydrogens (tertiary/aromatic N) is 1. The van der Waals surface area contributed by atoms with Crippen LogP contribution in [0.25, 0.3) is 0 Å². The van der Waals surface area contributed by atoms with Gasteiger partial charge in [-0.3, -0.25) is 4.99 Å². The highest BCUT2D eigenvalue weighted by molar-refractivity contribution is 5.53. The predicted octanol–water partition coefficient (Wildman–Crippen LogP) is 2.60. The van der Waals surface area contributed by atoms with Crippen molar-refractivity contribution in [2.24, 2.45) is 4.99 Å². The molecule has 1 heteroatoms. The molecule has 0 aromatic carbocycles. The summed E-state index contributed by atoms with van der Waals surface area (Å²) in [7, 11) is 0. The lowest BCUT2D eigenvalue weighted by molar-refractivity contribution is 1.14. The molecule has 0 radical (unpaired) electrons. The van der Waals surface area contributed by atoms with E-state index in [1.807, 2.05) is 32.2 Å². The Morgan fingerprint density at radius 3 is 2.60 bits per heavy atom. The Balaban J connectivity index is 3.70. The second-order valence-corrected chi connectivity index (χ2v) is 2.14. The highest BCUT2D eigenvalue weighted by atomic mass is 14.7. The molecule has 10 heavy (non-hydrogen) atoms. The zero-order valence-electron chi connectivity index (χ0n) is 6.96. The fourth-order valence-corrected chi connectivity index (χ4v) is 0.548. The van der Waals surface area contributed by atoms with Crippen molar-refractivity contribution in [1.82, 2.24) is 0 Å². The van der Waals surface area contributed by atoms with Crippen LogP contribution in [0.15, 0.2) is 28.8 Å². The lowest BCUT2D eigenvalue weighted by Crippen LogP contribution is -1.80. The lowest BCUT2D eigenvalue weighted by Gasteiger charge is -1.90. The SMILES string of the molecule is CC=CC=C(C)CN=CC. The molecule has 0 spiro atoms. The number of hydrogen-bond acceptors (Lipinski definition) is 1. The summed E-state index contributed by atoms with van der Waals surface area (Å²) in [6, 6.07) is 0. The first-order valence-electron chi connectivity index (χ1n) is 3.54. The molecule has 0 heterocycles. The van der Waals surface area contributed by atoms with Crippen LogP contribution in [0.4, 0.5) is 0 Å². The number of rotatable bonds is 3. The van der Waals surface area contributed by atoms with Crippen LogP contribution in [0.1, 0.15) is 20.8 Å². The zero-order valence-corrected chi connectivity index (χ0v) is 6.96. The molecule has 0 aliphatic heterocycles. The van der Waals surface area contributed by atoms with E-state index in [1.54, 1.807) is 0 Å².